The van der Waals surface area contributed by atoms with Gasteiger partial charge in [-0.25, -0.2) is 0 Å². The molecule has 0 amide bonds. The van der Waals surface area contributed by atoms with E-state index in [4.69, 9.17) is 0 Å². The molecule has 1 heterocycles. The second kappa shape index (κ2) is 5.12. The number of aryl methyl sites for hydroxylation is 1. The Morgan fingerprint density at radius 3 is 2.73 bits per heavy atom. The number of hydrogen-bond donors (Lipinski definition) is 1. The van der Waals surface area contributed by atoms with Crippen LogP contribution in [0.25, 0.3) is 0 Å². The lowest BCUT2D eigenvalue weighted by atomic mass is 10.1. The molecule has 0 bridgehead atoms. The Morgan fingerprint density at radius 2 is 2.27 bits per heavy atom. The molecule has 2 atom stereocenters. The van der Waals surface area contributed by atoms with Gasteiger partial charge in [-0.3, -0.25) is 4.68 Å². The standard InChI is InChI=1S/C12H21N3/c1-9(2)6-13-11(4)12(5)15-8-10(3)7-14-15/h7-8,11-13H,1,6H2,2-5H3/t11-,12-/m0/s1. The molecule has 0 aliphatic heterocycles. The zero-order valence-electron chi connectivity index (χ0n) is 10.1. The fourth-order valence-electron chi connectivity index (χ4n) is 1.39. The summed E-state index contributed by atoms with van der Waals surface area (Å²) in [5.74, 6) is 0. The number of nitrogens with zero attached hydrogens (tertiary/aromatic N) is 2. The molecule has 0 fully saturated rings. The van der Waals surface area contributed by atoms with Gasteiger partial charge in [0.15, 0.2) is 0 Å². The molecule has 0 radical (unpaired) electrons. The highest BCUT2D eigenvalue weighted by molar-refractivity contribution is 5.01. The van der Waals surface area contributed by atoms with Gasteiger partial charge in [0.25, 0.3) is 0 Å². The minimum Gasteiger partial charge on any atom is -0.308 e. The molecule has 0 unspecified atom stereocenters. The van der Waals surface area contributed by atoms with Crippen molar-refractivity contribution in [2.24, 2.45) is 0 Å². The monoisotopic (exact) mass is 207 g/mol. The van der Waals surface area contributed by atoms with E-state index in [0.29, 0.717) is 12.1 Å². The van der Waals surface area contributed by atoms with Crippen molar-refractivity contribution in [3.63, 3.8) is 0 Å². The average Bonchev–Trinajstić information content (AvgIpc) is 2.60. The van der Waals surface area contributed by atoms with Crippen LogP contribution in [0.5, 0.6) is 0 Å². The van der Waals surface area contributed by atoms with Crippen LogP contribution in [0.3, 0.4) is 0 Å². The largest absolute Gasteiger partial charge is 0.308 e. The molecule has 0 aliphatic carbocycles. The first-order valence-electron chi connectivity index (χ1n) is 5.39. The van der Waals surface area contributed by atoms with Crippen LogP contribution in [-0.2, 0) is 0 Å². The van der Waals surface area contributed by atoms with Crippen LogP contribution in [0.4, 0.5) is 0 Å². The lowest BCUT2D eigenvalue weighted by Crippen LogP contribution is -2.34. The molecule has 1 aromatic heterocycles. The van der Waals surface area contributed by atoms with Crippen molar-refractivity contribution < 1.29 is 0 Å². The number of aromatic nitrogens is 2. The summed E-state index contributed by atoms with van der Waals surface area (Å²) in [6, 6.07) is 0.749. The molecule has 15 heavy (non-hydrogen) atoms. The van der Waals surface area contributed by atoms with Crippen LogP contribution in [0.15, 0.2) is 24.5 Å². The Morgan fingerprint density at radius 1 is 1.60 bits per heavy atom. The van der Waals surface area contributed by atoms with Gasteiger partial charge in [-0.05, 0) is 33.3 Å². The second-order valence-corrected chi connectivity index (χ2v) is 4.36. The molecular weight excluding hydrogens is 186 g/mol. The molecule has 1 N–H and O–H groups in total. The van der Waals surface area contributed by atoms with Crippen LogP contribution < -0.4 is 5.32 Å². The van der Waals surface area contributed by atoms with E-state index >= 15 is 0 Å². The van der Waals surface area contributed by atoms with E-state index in [0.717, 1.165) is 12.1 Å². The summed E-state index contributed by atoms with van der Waals surface area (Å²) >= 11 is 0. The summed E-state index contributed by atoms with van der Waals surface area (Å²) in [7, 11) is 0. The average molecular weight is 207 g/mol. The van der Waals surface area contributed by atoms with Crippen LogP contribution in [0, 0.1) is 6.92 Å². The third-order valence-electron chi connectivity index (χ3n) is 2.60. The van der Waals surface area contributed by atoms with E-state index in [1.165, 1.54) is 5.56 Å². The van der Waals surface area contributed by atoms with E-state index in [1.54, 1.807) is 0 Å². The fraction of sp³-hybridized carbons (Fsp3) is 0.583. The maximum atomic E-state index is 4.32. The topological polar surface area (TPSA) is 29.9 Å². The van der Waals surface area contributed by atoms with Gasteiger partial charge in [0.05, 0.1) is 12.2 Å². The summed E-state index contributed by atoms with van der Waals surface area (Å²) in [6.45, 7) is 13.2. The first kappa shape index (κ1) is 12.0. The highest BCUT2D eigenvalue weighted by Gasteiger charge is 2.13. The van der Waals surface area contributed by atoms with Crippen molar-refractivity contribution >= 4 is 0 Å². The Labute approximate surface area is 92.2 Å². The summed E-state index contributed by atoms with van der Waals surface area (Å²) in [5, 5.41) is 7.75. The first-order valence-corrected chi connectivity index (χ1v) is 5.39. The van der Waals surface area contributed by atoms with Crippen molar-refractivity contribution in [2.75, 3.05) is 6.54 Å². The van der Waals surface area contributed by atoms with E-state index < -0.39 is 0 Å². The predicted octanol–water partition coefficient (Wildman–Crippen LogP) is 2.31. The second-order valence-electron chi connectivity index (χ2n) is 4.36. The SMILES string of the molecule is C=C(C)CN[C@@H](C)[C@H](C)n1cc(C)cn1. The van der Waals surface area contributed by atoms with Crippen LogP contribution in [-0.4, -0.2) is 22.4 Å². The lowest BCUT2D eigenvalue weighted by Gasteiger charge is -2.21. The van der Waals surface area contributed by atoms with Gasteiger partial charge in [-0.1, -0.05) is 12.2 Å². The van der Waals surface area contributed by atoms with Gasteiger partial charge in [-0.15, -0.1) is 0 Å². The molecular formula is C12H21N3. The number of rotatable bonds is 5. The van der Waals surface area contributed by atoms with Crippen LogP contribution in [0.2, 0.25) is 0 Å². The van der Waals surface area contributed by atoms with Gasteiger partial charge in [-0.2, -0.15) is 5.10 Å². The molecule has 1 aromatic rings. The Kier molecular flexibility index (Phi) is 4.09. The zero-order chi connectivity index (χ0) is 11.4. The molecule has 84 valence electrons. The number of hydrogen-bond acceptors (Lipinski definition) is 2. The van der Waals surface area contributed by atoms with Gasteiger partial charge in [0, 0.05) is 18.8 Å². The lowest BCUT2D eigenvalue weighted by molar-refractivity contribution is 0.374. The summed E-state index contributed by atoms with van der Waals surface area (Å²) in [6.07, 6.45) is 3.96. The molecule has 0 spiro atoms. The fourth-order valence-corrected chi connectivity index (χ4v) is 1.39. The Hall–Kier alpha value is -1.09. The molecule has 0 saturated heterocycles. The van der Waals surface area contributed by atoms with Gasteiger partial charge < -0.3 is 5.32 Å². The molecule has 0 aromatic carbocycles. The molecule has 1 rings (SSSR count). The van der Waals surface area contributed by atoms with Crippen molar-refractivity contribution in [1.82, 2.24) is 15.1 Å². The molecule has 0 saturated carbocycles. The summed E-state index contributed by atoms with van der Waals surface area (Å²) in [5.41, 5.74) is 2.36. The molecule has 0 aliphatic rings. The Balaban J connectivity index is 2.52. The van der Waals surface area contributed by atoms with Gasteiger partial charge in [0.2, 0.25) is 0 Å². The smallest absolute Gasteiger partial charge is 0.0641 e. The quantitative estimate of drug-likeness (QED) is 0.751. The third kappa shape index (κ3) is 3.51. The highest BCUT2D eigenvalue weighted by Crippen LogP contribution is 2.10. The third-order valence-corrected chi connectivity index (χ3v) is 2.60. The van der Waals surface area contributed by atoms with Gasteiger partial charge in [0.1, 0.15) is 0 Å². The minimum absolute atomic E-state index is 0.359. The summed E-state index contributed by atoms with van der Waals surface area (Å²) < 4.78 is 2.01. The predicted molar refractivity (Wildman–Crippen MR) is 64.0 cm³/mol. The molecule has 3 heteroatoms. The highest BCUT2D eigenvalue weighted by atomic mass is 15.3. The molecule has 3 nitrogen and oxygen atoms in total. The first-order chi connectivity index (χ1) is 7.00. The van der Waals surface area contributed by atoms with E-state index in [1.807, 2.05) is 17.8 Å². The number of nitrogens with one attached hydrogen (secondary N) is 1. The van der Waals surface area contributed by atoms with Crippen molar-refractivity contribution in [3.05, 3.63) is 30.1 Å². The van der Waals surface area contributed by atoms with Crippen molar-refractivity contribution in [3.8, 4) is 0 Å². The van der Waals surface area contributed by atoms with E-state index in [9.17, 15) is 0 Å². The minimum atomic E-state index is 0.359. The van der Waals surface area contributed by atoms with Crippen LogP contribution >= 0.6 is 0 Å². The maximum Gasteiger partial charge on any atom is 0.0641 e. The normalized spacial score (nSPS) is 14.9. The zero-order valence-corrected chi connectivity index (χ0v) is 10.1. The van der Waals surface area contributed by atoms with Crippen molar-refractivity contribution in [1.29, 1.82) is 0 Å². The van der Waals surface area contributed by atoms with E-state index in [2.05, 4.69) is 44.0 Å². The Bertz CT molecular complexity index is 327. The maximum absolute atomic E-state index is 4.32. The summed E-state index contributed by atoms with van der Waals surface area (Å²) in [4.78, 5) is 0. The van der Waals surface area contributed by atoms with Crippen LogP contribution in [0.1, 0.15) is 32.4 Å². The van der Waals surface area contributed by atoms with E-state index in [-0.39, 0.29) is 0 Å². The van der Waals surface area contributed by atoms with Crippen molar-refractivity contribution in [2.45, 2.75) is 39.8 Å². The van der Waals surface area contributed by atoms with Gasteiger partial charge >= 0.3 is 0 Å².